The van der Waals surface area contributed by atoms with Crippen LogP contribution in [-0.4, -0.2) is 40.3 Å². The normalized spacial score (nSPS) is 15.8. The molecule has 2 N–H and O–H groups in total. The number of benzene rings is 3. The van der Waals surface area contributed by atoms with Gasteiger partial charge in [-0.3, -0.25) is 4.79 Å². The van der Waals surface area contributed by atoms with Gasteiger partial charge in [0.1, 0.15) is 11.5 Å². The summed E-state index contributed by atoms with van der Waals surface area (Å²) in [7, 11) is 0. The van der Waals surface area contributed by atoms with Crippen LogP contribution in [0, 0.1) is 5.82 Å². The number of anilines is 1. The Morgan fingerprint density at radius 1 is 1.03 bits per heavy atom. The number of hydrogen-bond donors (Lipinski definition) is 2. The molecule has 1 unspecified atom stereocenters. The quantitative estimate of drug-likeness (QED) is 0.372. The first kappa shape index (κ1) is 24.6. The number of nitrogens with zero attached hydrogens (tertiary/aromatic N) is 3. The monoisotopic (exact) mass is 510 g/mol. The first-order chi connectivity index (χ1) is 17.7. The van der Waals surface area contributed by atoms with Crippen LogP contribution in [0.3, 0.4) is 0 Å². The van der Waals surface area contributed by atoms with Crippen LogP contribution in [0.15, 0.2) is 66.7 Å². The molecule has 37 heavy (non-hydrogen) atoms. The molecule has 2 heterocycles. The molecule has 1 saturated heterocycles. The summed E-state index contributed by atoms with van der Waals surface area (Å²) in [6.07, 6.45) is -4.36. The molecule has 0 saturated carbocycles. The molecule has 1 aliphatic heterocycles. The third-order valence-electron chi connectivity index (χ3n) is 6.43. The maximum Gasteiger partial charge on any atom is 0.417 e. The third-order valence-corrected chi connectivity index (χ3v) is 6.43. The number of hydrogen-bond acceptors (Lipinski definition) is 5. The Morgan fingerprint density at radius 2 is 1.76 bits per heavy atom. The van der Waals surface area contributed by atoms with Crippen LogP contribution in [0.4, 0.5) is 23.4 Å². The van der Waals surface area contributed by atoms with Crippen LogP contribution >= 0.6 is 0 Å². The summed E-state index contributed by atoms with van der Waals surface area (Å²) in [5.41, 5.74) is 0.391. The minimum atomic E-state index is -4.86. The van der Waals surface area contributed by atoms with Crippen molar-refractivity contribution in [3.05, 3.63) is 89.2 Å². The summed E-state index contributed by atoms with van der Waals surface area (Å²) >= 11 is 0. The Kier molecular flexibility index (Phi) is 6.51. The molecule has 1 amide bonds. The fourth-order valence-electron chi connectivity index (χ4n) is 4.59. The van der Waals surface area contributed by atoms with E-state index < -0.39 is 35.1 Å². The van der Waals surface area contributed by atoms with E-state index in [0.717, 1.165) is 34.0 Å². The third kappa shape index (κ3) is 4.97. The topological polar surface area (TPSA) is 78.4 Å². The van der Waals surface area contributed by atoms with E-state index in [1.54, 1.807) is 0 Å². The average Bonchev–Trinajstić information content (AvgIpc) is 3.35. The number of nitrogens with one attached hydrogen (secondary N) is 1. The van der Waals surface area contributed by atoms with Gasteiger partial charge >= 0.3 is 6.18 Å². The van der Waals surface area contributed by atoms with Crippen molar-refractivity contribution < 1.29 is 27.5 Å². The number of carbonyl (C=O) groups is 1. The molecule has 0 aliphatic carbocycles. The first-order valence-corrected chi connectivity index (χ1v) is 11.6. The molecule has 5 rings (SSSR count). The predicted octanol–water partition coefficient (Wildman–Crippen LogP) is 4.96. The summed E-state index contributed by atoms with van der Waals surface area (Å²) < 4.78 is 53.5. The van der Waals surface area contributed by atoms with Crippen molar-refractivity contribution in [2.24, 2.45) is 0 Å². The van der Waals surface area contributed by atoms with Gasteiger partial charge in [-0.1, -0.05) is 48.5 Å². The van der Waals surface area contributed by atoms with E-state index in [-0.39, 0.29) is 6.61 Å². The van der Waals surface area contributed by atoms with Crippen molar-refractivity contribution in [1.82, 2.24) is 15.5 Å². The predicted molar refractivity (Wildman–Crippen MR) is 130 cm³/mol. The van der Waals surface area contributed by atoms with Crippen LogP contribution in [0.1, 0.15) is 27.9 Å². The minimum Gasteiger partial charge on any atom is -0.392 e. The second-order valence-electron chi connectivity index (χ2n) is 8.87. The van der Waals surface area contributed by atoms with E-state index in [0.29, 0.717) is 37.1 Å². The number of halogens is 4. The molecule has 0 spiro atoms. The van der Waals surface area contributed by atoms with Gasteiger partial charge in [-0.15, -0.1) is 10.2 Å². The van der Waals surface area contributed by atoms with Gasteiger partial charge in [0.25, 0.3) is 5.91 Å². The van der Waals surface area contributed by atoms with Gasteiger partial charge in [0.15, 0.2) is 5.82 Å². The molecule has 1 atom stereocenters. The zero-order valence-corrected chi connectivity index (χ0v) is 19.5. The number of aliphatic hydroxyl groups is 1. The SMILES string of the molecule is O=C(NC1CCN(c2nnc(-c3ccc(CO)cc3)c3ccccc23)C1)c1ccc(F)cc1C(F)(F)F. The zero-order valence-electron chi connectivity index (χ0n) is 19.5. The van der Waals surface area contributed by atoms with Crippen LogP contribution < -0.4 is 10.2 Å². The van der Waals surface area contributed by atoms with Crippen molar-refractivity contribution >= 4 is 22.5 Å². The van der Waals surface area contributed by atoms with Crippen molar-refractivity contribution in [3.8, 4) is 11.3 Å². The lowest BCUT2D eigenvalue weighted by Gasteiger charge is -2.20. The Morgan fingerprint density at radius 3 is 2.46 bits per heavy atom. The van der Waals surface area contributed by atoms with Crippen LogP contribution in [0.2, 0.25) is 0 Å². The summed E-state index contributed by atoms with van der Waals surface area (Å²) in [6.45, 7) is 0.790. The number of amides is 1. The summed E-state index contributed by atoms with van der Waals surface area (Å²) in [4.78, 5) is 14.6. The maximum atomic E-state index is 13.4. The van der Waals surface area contributed by atoms with Gasteiger partial charge in [0.2, 0.25) is 0 Å². The molecule has 1 aliphatic rings. The Labute approximate surface area is 209 Å². The lowest BCUT2D eigenvalue weighted by atomic mass is 10.0. The van der Waals surface area contributed by atoms with E-state index in [1.165, 1.54) is 0 Å². The highest BCUT2D eigenvalue weighted by Gasteiger charge is 2.36. The van der Waals surface area contributed by atoms with Crippen molar-refractivity contribution in [3.63, 3.8) is 0 Å². The van der Waals surface area contributed by atoms with Gasteiger partial charge in [0.05, 0.1) is 17.7 Å². The number of fused-ring (bicyclic) bond motifs is 1. The molecule has 0 radical (unpaired) electrons. The number of aromatic nitrogens is 2. The van der Waals surface area contributed by atoms with Gasteiger partial charge in [0, 0.05) is 35.5 Å². The van der Waals surface area contributed by atoms with E-state index in [1.807, 2.05) is 53.4 Å². The molecule has 1 fully saturated rings. The number of alkyl halides is 3. The van der Waals surface area contributed by atoms with Gasteiger partial charge < -0.3 is 15.3 Å². The van der Waals surface area contributed by atoms with E-state index in [4.69, 9.17) is 0 Å². The fourth-order valence-corrected chi connectivity index (χ4v) is 4.59. The van der Waals surface area contributed by atoms with E-state index >= 15 is 0 Å². The highest BCUT2D eigenvalue weighted by molar-refractivity contribution is 6.00. The smallest absolute Gasteiger partial charge is 0.392 e. The Bertz CT molecular complexity index is 1460. The fraction of sp³-hybridized carbons (Fsp3) is 0.222. The lowest BCUT2D eigenvalue weighted by molar-refractivity contribution is -0.138. The summed E-state index contributed by atoms with van der Waals surface area (Å²) in [5.74, 6) is -1.35. The van der Waals surface area contributed by atoms with E-state index in [9.17, 15) is 27.5 Å². The van der Waals surface area contributed by atoms with Crippen molar-refractivity contribution in [2.45, 2.75) is 25.2 Å². The van der Waals surface area contributed by atoms with E-state index in [2.05, 4.69) is 15.5 Å². The van der Waals surface area contributed by atoms with Crippen LogP contribution in [0.25, 0.3) is 22.0 Å². The molecule has 1 aromatic heterocycles. The van der Waals surface area contributed by atoms with Crippen molar-refractivity contribution in [1.29, 1.82) is 0 Å². The average molecular weight is 510 g/mol. The molecule has 190 valence electrons. The second kappa shape index (κ2) is 9.78. The molecule has 10 heteroatoms. The summed E-state index contributed by atoms with van der Waals surface area (Å²) in [6, 6.07) is 16.6. The molecule has 0 bridgehead atoms. The molecule has 4 aromatic rings. The molecule has 3 aromatic carbocycles. The van der Waals surface area contributed by atoms with Crippen molar-refractivity contribution in [2.75, 3.05) is 18.0 Å². The largest absolute Gasteiger partial charge is 0.417 e. The highest BCUT2D eigenvalue weighted by Crippen LogP contribution is 2.34. The number of carbonyl (C=O) groups excluding carboxylic acids is 1. The highest BCUT2D eigenvalue weighted by atomic mass is 19.4. The minimum absolute atomic E-state index is 0.0585. The zero-order chi connectivity index (χ0) is 26.2. The Hall–Kier alpha value is -4.05. The molecular formula is C27H22F4N4O2. The summed E-state index contributed by atoms with van der Waals surface area (Å²) in [5, 5.41) is 22.6. The first-order valence-electron chi connectivity index (χ1n) is 11.6. The number of aliphatic hydroxyl groups excluding tert-OH is 1. The standard InChI is InChI=1S/C27H22F4N4O2/c28-18-9-10-22(23(13-18)27(29,30)31)26(37)32-19-11-12-35(14-19)25-21-4-2-1-3-20(21)24(33-34-25)17-7-5-16(15-36)6-8-17/h1-10,13,19,36H,11-12,14-15H2,(H,32,37). The molecular weight excluding hydrogens is 488 g/mol. The Balaban J connectivity index is 1.38. The second-order valence-corrected chi connectivity index (χ2v) is 8.87. The van der Waals surface area contributed by atoms with Gasteiger partial charge in [-0.2, -0.15) is 13.2 Å². The molecule has 6 nitrogen and oxygen atoms in total. The van der Waals surface area contributed by atoms with Crippen LogP contribution in [0.5, 0.6) is 0 Å². The van der Waals surface area contributed by atoms with Crippen LogP contribution in [-0.2, 0) is 12.8 Å². The maximum absolute atomic E-state index is 13.4. The lowest BCUT2D eigenvalue weighted by Crippen LogP contribution is -2.38. The van der Waals surface area contributed by atoms with Gasteiger partial charge in [-0.25, -0.2) is 4.39 Å². The number of rotatable bonds is 5. The van der Waals surface area contributed by atoms with Gasteiger partial charge in [-0.05, 0) is 30.2 Å².